The van der Waals surface area contributed by atoms with Crippen LogP contribution in [0.2, 0.25) is 0 Å². The lowest BCUT2D eigenvalue weighted by Crippen LogP contribution is -2.18. The number of ether oxygens (including phenoxy) is 1. The van der Waals surface area contributed by atoms with Crippen molar-refractivity contribution in [3.05, 3.63) is 12.2 Å². The summed E-state index contributed by atoms with van der Waals surface area (Å²) in [5, 5.41) is 9.25. The average molecular weight is 214 g/mol. The second-order valence-corrected chi connectivity index (χ2v) is 3.55. The molecule has 0 aromatic rings. The minimum Gasteiger partial charge on any atom is -0.463 e. The van der Waals surface area contributed by atoms with E-state index in [4.69, 9.17) is 4.74 Å². The summed E-state index contributed by atoms with van der Waals surface area (Å²) < 4.78 is 4.80. The first-order chi connectivity index (χ1) is 6.95. The fraction of sp³-hybridized carbons (Fsp3) is 0.636. The Hall–Kier alpha value is -1.16. The number of rotatable bonds is 6. The predicted octanol–water partition coefficient (Wildman–Crippen LogP) is 1.22. The Balaban J connectivity index is 3.88. The molecule has 15 heavy (non-hydrogen) atoms. The minimum atomic E-state index is -0.811. The zero-order valence-electron chi connectivity index (χ0n) is 9.40. The van der Waals surface area contributed by atoms with Crippen molar-refractivity contribution in [3.63, 3.8) is 0 Å². The molecule has 0 saturated carbocycles. The van der Waals surface area contributed by atoms with Crippen LogP contribution in [0.15, 0.2) is 12.2 Å². The van der Waals surface area contributed by atoms with Crippen LogP contribution in [0, 0.1) is 0 Å². The smallest absolute Gasteiger partial charge is 0.313 e. The zero-order valence-corrected chi connectivity index (χ0v) is 9.40. The second-order valence-electron chi connectivity index (χ2n) is 3.55. The largest absolute Gasteiger partial charge is 0.463 e. The van der Waals surface area contributed by atoms with Crippen LogP contribution < -0.4 is 0 Å². The Morgan fingerprint density at radius 1 is 1.40 bits per heavy atom. The van der Waals surface area contributed by atoms with E-state index in [9.17, 15) is 14.7 Å². The van der Waals surface area contributed by atoms with E-state index in [0.29, 0.717) is 0 Å². The molecule has 4 nitrogen and oxygen atoms in total. The van der Waals surface area contributed by atoms with Gasteiger partial charge in [0, 0.05) is 6.42 Å². The zero-order chi connectivity index (χ0) is 11.8. The number of esters is 1. The average Bonchev–Trinajstić information content (AvgIpc) is 2.00. The van der Waals surface area contributed by atoms with Crippen molar-refractivity contribution < 1.29 is 19.4 Å². The molecular weight excluding hydrogens is 196 g/mol. The molecule has 0 unspecified atom stereocenters. The number of ketones is 1. The Bertz CT molecular complexity index is 243. The number of carbonyl (C=O) groups is 2. The highest BCUT2D eigenvalue weighted by Gasteiger charge is 2.14. The highest BCUT2D eigenvalue weighted by molar-refractivity contribution is 5.95. The molecule has 0 heterocycles. The van der Waals surface area contributed by atoms with Crippen LogP contribution in [0.1, 0.15) is 33.6 Å². The monoisotopic (exact) mass is 214 g/mol. The fourth-order valence-electron chi connectivity index (χ4n) is 1.06. The van der Waals surface area contributed by atoms with E-state index < -0.39 is 12.1 Å². The summed E-state index contributed by atoms with van der Waals surface area (Å²) in [6.07, 6.45) is 1.82. The van der Waals surface area contributed by atoms with E-state index in [0.717, 1.165) is 0 Å². The van der Waals surface area contributed by atoms with Gasteiger partial charge in [-0.3, -0.25) is 9.59 Å². The normalized spacial score (nSPS) is 13.1. The molecule has 0 aliphatic carbocycles. The van der Waals surface area contributed by atoms with Gasteiger partial charge in [0.2, 0.25) is 0 Å². The lowest BCUT2D eigenvalue weighted by atomic mass is 10.1. The molecule has 86 valence electrons. The van der Waals surface area contributed by atoms with Crippen molar-refractivity contribution in [2.24, 2.45) is 0 Å². The summed E-state index contributed by atoms with van der Waals surface area (Å²) in [7, 11) is 0. The number of Topliss-reactive ketones (excluding diaryl/α,β-unsaturated/α-hetero) is 1. The van der Waals surface area contributed by atoms with E-state index in [1.165, 1.54) is 6.08 Å². The molecule has 1 N–H and O–H groups in total. The molecule has 0 fully saturated rings. The van der Waals surface area contributed by atoms with Crippen molar-refractivity contribution in [1.29, 1.82) is 0 Å². The number of carbonyl (C=O) groups excluding carboxylic acids is 2. The molecule has 0 aromatic heterocycles. The lowest BCUT2D eigenvalue weighted by molar-refractivity contribution is -0.149. The van der Waals surface area contributed by atoms with Gasteiger partial charge in [0.15, 0.2) is 0 Å². The first-order valence-electron chi connectivity index (χ1n) is 4.97. The molecule has 0 amide bonds. The van der Waals surface area contributed by atoms with E-state index in [1.54, 1.807) is 26.8 Å². The molecule has 0 aliphatic rings. The van der Waals surface area contributed by atoms with Gasteiger partial charge in [-0.15, -0.1) is 0 Å². The third-order valence-electron chi connectivity index (χ3n) is 1.56. The van der Waals surface area contributed by atoms with Gasteiger partial charge in [-0.05, 0) is 20.8 Å². The molecule has 4 heteroatoms. The number of allylic oxidation sites excluding steroid dienone is 1. The summed E-state index contributed by atoms with van der Waals surface area (Å²) in [5.41, 5.74) is 0. The van der Waals surface area contributed by atoms with Gasteiger partial charge < -0.3 is 9.84 Å². The Morgan fingerprint density at radius 3 is 2.47 bits per heavy atom. The molecule has 0 aliphatic heterocycles. The van der Waals surface area contributed by atoms with E-state index in [-0.39, 0.29) is 24.7 Å². The molecule has 0 spiro atoms. The quantitative estimate of drug-likeness (QED) is 0.410. The van der Waals surface area contributed by atoms with Crippen molar-refractivity contribution in [1.82, 2.24) is 0 Å². The van der Waals surface area contributed by atoms with E-state index in [2.05, 4.69) is 0 Å². The van der Waals surface area contributed by atoms with Crippen molar-refractivity contribution in [2.75, 3.05) is 0 Å². The number of hydrogen-bond acceptors (Lipinski definition) is 4. The van der Waals surface area contributed by atoms with Crippen LogP contribution in [0.5, 0.6) is 0 Å². The molecule has 0 rings (SSSR count). The van der Waals surface area contributed by atoms with Crippen molar-refractivity contribution >= 4 is 11.8 Å². The van der Waals surface area contributed by atoms with Crippen LogP contribution in [-0.2, 0) is 14.3 Å². The molecule has 1 atom stereocenters. The van der Waals surface area contributed by atoms with Crippen molar-refractivity contribution in [3.8, 4) is 0 Å². The minimum absolute atomic E-state index is 0.0441. The maximum atomic E-state index is 11.2. The van der Waals surface area contributed by atoms with Gasteiger partial charge in [0.1, 0.15) is 12.2 Å². The van der Waals surface area contributed by atoms with Crippen molar-refractivity contribution in [2.45, 2.75) is 45.8 Å². The summed E-state index contributed by atoms with van der Waals surface area (Å²) >= 11 is 0. The number of aliphatic hydroxyl groups is 1. The summed E-state index contributed by atoms with van der Waals surface area (Å²) in [6.45, 7) is 5.19. The number of aliphatic hydroxyl groups excluding tert-OH is 1. The third kappa shape index (κ3) is 7.88. The molecular formula is C11H18O4. The van der Waals surface area contributed by atoms with Gasteiger partial charge in [-0.1, -0.05) is 12.2 Å². The van der Waals surface area contributed by atoms with E-state index in [1.807, 2.05) is 0 Å². The maximum absolute atomic E-state index is 11.2. The van der Waals surface area contributed by atoms with Gasteiger partial charge in [0.25, 0.3) is 0 Å². The maximum Gasteiger partial charge on any atom is 0.313 e. The molecule has 0 aromatic carbocycles. The highest BCUT2D eigenvalue weighted by atomic mass is 16.5. The summed E-state index contributed by atoms with van der Waals surface area (Å²) in [6, 6.07) is 0. The first-order valence-corrected chi connectivity index (χ1v) is 4.97. The fourth-order valence-corrected chi connectivity index (χ4v) is 1.06. The topological polar surface area (TPSA) is 63.6 Å². The van der Waals surface area contributed by atoms with E-state index >= 15 is 0 Å². The summed E-state index contributed by atoms with van der Waals surface area (Å²) in [5.74, 6) is -0.853. The van der Waals surface area contributed by atoms with Crippen LogP contribution in [-0.4, -0.2) is 29.1 Å². The number of hydrogen-bond donors (Lipinski definition) is 1. The molecule has 0 bridgehead atoms. The van der Waals surface area contributed by atoms with Gasteiger partial charge in [-0.2, -0.15) is 0 Å². The third-order valence-corrected chi connectivity index (χ3v) is 1.56. The van der Waals surface area contributed by atoms with Crippen LogP contribution in [0.4, 0.5) is 0 Å². The Labute approximate surface area is 89.9 Å². The van der Waals surface area contributed by atoms with Crippen LogP contribution in [0.3, 0.4) is 0 Å². The Morgan fingerprint density at radius 2 is 2.00 bits per heavy atom. The summed E-state index contributed by atoms with van der Waals surface area (Å²) in [4.78, 5) is 22.3. The van der Waals surface area contributed by atoms with Gasteiger partial charge >= 0.3 is 5.97 Å². The van der Waals surface area contributed by atoms with Crippen LogP contribution >= 0.6 is 0 Å². The SMILES string of the molecule is CC=C[C@H](O)CC(=O)CC(=O)OC(C)C. The Kier molecular flexibility index (Phi) is 6.62. The highest BCUT2D eigenvalue weighted by Crippen LogP contribution is 2.01. The predicted molar refractivity (Wildman–Crippen MR) is 56.3 cm³/mol. The molecule has 0 radical (unpaired) electrons. The lowest BCUT2D eigenvalue weighted by Gasteiger charge is -2.08. The van der Waals surface area contributed by atoms with Crippen LogP contribution in [0.25, 0.3) is 0 Å². The standard InChI is InChI=1S/C11H18O4/c1-4-5-9(12)6-10(13)7-11(14)15-8(2)3/h4-5,8-9,12H,6-7H2,1-3H3/t9-/m0/s1. The van der Waals surface area contributed by atoms with Gasteiger partial charge in [0.05, 0.1) is 12.2 Å². The first kappa shape index (κ1) is 13.8. The second kappa shape index (κ2) is 7.17. The molecule has 0 saturated heterocycles. The van der Waals surface area contributed by atoms with Gasteiger partial charge in [-0.25, -0.2) is 0 Å².